The Balaban J connectivity index is 1.93. The highest BCUT2D eigenvalue weighted by molar-refractivity contribution is 6.74. The first-order valence-electron chi connectivity index (χ1n) is 11.9. The minimum Gasteiger partial charge on any atom is -0.467 e. The van der Waals surface area contributed by atoms with Gasteiger partial charge >= 0.3 is 12.1 Å². The lowest BCUT2D eigenvalue weighted by Crippen LogP contribution is -2.60. The molecule has 1 aromatic rings. The molecule has 10 nitrogen and oxygen atoms in total. The van der Waals surface area contributed by atoms with Crippen LogP contribution in [0.25, 0.3) is 10.4 Å². The average molecular weight is 505 g/mol. The Morgan fingerprint density at radius 1 is 1.26 bits per heavy atom. The van der Waals surface area contributed by atoms with E-state index in [1.54, 1.807) is 0 Å². The highest BCUT2D eigenvalue weighted by atomic mass is 28.4. The fraction of sp³-hybridized carbons (Fsp3) is 0.667. The smallest absolute Gasteiger partial charge is 0.411 e. The number of carbonyl (C=O) groups is 2. The summed E-state index contributed by atoms with van der Waals surface area (Å²) in [5, 5.41) is 15.6. The summed E-state index contributed by atoms with van der Waals surface area (Å²) in [5.41, 5.74) is 8.41. The maximum atomic E-state index is 13.3. The third-order valence-corrected chi connectivity index (χ3v) is 12.2. The van der Waals surface area contributed by atoms with E-state index in [2.05, 4.69) is 43.9 Å². The number of amides is 1. The number of rotatable bonds is 6. The third kappa shape index (κ3) is 5.48. The normalized spacial score (nSPS) is 28.6. The van der Waals surface area contributed by atoms with E-state index in [9.17, 15) is 20.2 Å². The van der Waals surface area contributed by atoms with E-state index >= 15 is 0 Å². The lowest BCUT2D eigenvalue weighted by atomic mass is 9.75. The van der Waals surface area contributed by atoms with Crippen molar-refractivity contribution in [3.63, 3.8) is 0 Å². The maximum absolute atomic E-state index is 13.3. The zero-order chi connectivity index (χ0) is 26.0. The number of likely N-dealkylation sites (tertiary alicyclic amines) is 1. The molecular formula is C24H36N4O6Si. The summed E-state index contributed by atoms with van der Waals surface area (Å²) in [6.07, 6.45) is -0.629. The highest BCUT2D eigenvalue weighted by Gasteiger charge is 2.62. The molecule has 1 amide bonds. The molecule has 0 radical (unpaired) electrons. The van der Waals surface area contributed by atoms with Crippen molar-refractivity contribution in [2.75, 3.05) is 7.11 Å². The molecule has 0 unspecified atom stereocenters. The van der Waals surface area contributed by atoms with Crippen molar-refractivity contribution < 1.29 is 28.6 Å². The van der Waals surface area contributed by atoms with Crippen LogP contribution in [0.2, 0.25) is 18.1 Å². The summed E-state index contributed by atoms with van der Waals surface area (Å²) >= 11 is 0. The van der Waals surface area contributed by atoms with Gasteiger partial charge in [0.2, 0.25) is 0 Å². The molecule has 1 aliphatic carbocycles. The summed E-state index contributed by atoms with van der Waals surface area (Å²) in [5.74, 6) is -0.661. The van der Waals surface area contributed by atoms with Crippen molar-refractivity contribution in [1.82, 2.24) is 4.90 Å². The number of hydrogen-bond acceptors (Lipinski definition) is 7. The Morgan fingerprint density at radius 3 is 2.49 bits per heavy atom. The van der Waals surface area contributed by atoms with Gasteiger partial charge in [0.1, 0.15) is 12.6 Å². The second kappa shape index (κ2) is 10.2. The number of aliphatic hydroxyl groups is 1. The first-order chi connectivity index (χ1) is 16.3. The number of nitrogens with zero attached hydrogens (tertiary/aromatic N) is 4. The van der Waals surface area contributed by atoms with Crippen molar-refractivity contribution in [3.05, 3.63) is 46.3 Å². The van der Waals surface area contributed by atoms with Crippen molar-refractivity contribution in [1.29, 1.82) is 0 Å². The van der Waals surface area contributed by atoms with Crippen LogP contribution in [-0.2, 0) is 25.3 Å². The number of benzene rings is 1. The lowest BCUT2D eigenvalue weighted by molar-refractivity contribution is -0.146. The number of hydrogen-bond donors (Lipinski definition) is 1. The van der Waals surface area contributed by atoms with Gasteiger partial charge in [-0.1, -0.05) is 56.2 Å². The molecule has 192 valence electrons. The Labute approximate surface area is 207 Å². The van der Waals surface area contributed by atoms with Crippen molar-refractivity contribution in [2.45, 2.75) is 94.6 Å². The lowest BCUT2D eigenvalue weighted by Gasteiger charge is -2.47. The van der Waals surface area contributed by atoms with Gasteiger partial charge in [0, 0.05) is 17.4 Å². The van der Waals surface area contributed by atoms with E-state index < -0.39 is 44.1 Å². The summed E-state index contributed by atoms with van der Waals surface area (Å²) in [7, 11) is -0.978. The molecule has 1 aromatic carbocycles. The number of carbonyl (C=O) groups excluding carboxylic acids is 2. The molecule has 3 rings (SSSR count). The van der Waals surface area contributed by atoms with Crippen LogP contribution in [0.3, 0.4) is 0 Å². The van der Waals surface area contributed by atoms with Crippen molar-refractivity contribution in [2.24, 2.45) is 5.11 Å². The number of fused-ring (bicyclic) bond motifs is 1. The molecule has 5 atom stereocenters. The summed E-state index contributed by atoms with van der Waals surface area (Å²) in [6.45, 7) is 10.6. The summed E-state index contributed by atoms with van der Waals surface area (Å²) < 4.78 is 17.1. The van der Waals surface area contributed by atoms with Crippen LogP contribution in [0.4, 0.5) is 4.79 Å². The van der Waals surface area contributed by atoms with E-state index in [-0.39, 0.29) is 30.6 Å². The van der Waals surface area contributed by atoms with Crippen molar-refractivity contribution in [3.8, 4) is 0 Å². The Morgan fingerprint density at radius 2 is 1.91 bits per heavy atom. The maximum Gasteiger partial charge on any atom is 0.411 e. The van der Waals surface area contributed by atoms with Gasteiger partial charge in [-0.2, -0.15) is 0 Å². The van der Waals surface area contributed by atoms with Gasteiger partial charge in [0.25, 0.3) is 0 Å². The Bertz CT molecular complexity index is 978. The van der Waals surface area contributed by atoms with E-state index in [0.717, 1.165) is 5.56 Å². The predicted octanol–water partition coefficient (Wildman–Crippen LogP) is 4.53. The van der Waals surface area contributed by atoms with Gasteiger partial charge in [-0.25, -0.2) is 9.59 Å². The van der Waals surface area contributed by atoms with Crippen LogP contribution in [0.15, 0.2) is 35.4 Å². The van der Waals surface area contributed by atoms with Gasteiger partial charge in [0.05, 0.1) is 24.8 Å². The molecule has 1 N–H and O–H groups in total. The molecule has 2 fully saturated rings. The molecule has 0 aromatic heterocycles. The monoisotopic (exact) mass is 504 g/mol. The second-order valence-electron chi connectivity index (χ2n) is 10.9. The predicted molar refractivity (Wildman–Crippen MR) is 132 cm³/mol. The zero-order valence-electron chi connectivity index (χ0n) is 21.3. The first-order valence-corrected chi connectivity index (χ1v) is 14.8. The highest BCUT2D eigenvalue weighted by Crippen LogP contribution is 2.48. The SMILES string of the molecule is COC(=O)[C@@H]1C[C@@]2(O)[C@H](N=[N+]=[N-])C[C@H](O[Si](C)(C)C(C)(C)C)C[C@H]2N1C(=O)OCc1ccccc1. The second-order valence-corrected chi connectivity index (χ2v) is 15.6. The first kappa shape index (κ1) is 27.0. The zero-order valence-corrected chi connectivity index (χ0v) is 22.3. The quantitative estimate of drug-likeness (QED) is 0.199. The van der Waals surface area contributed by atoms with Crippen LogP contribution < -0.4 is 0 Å². The number of esters is 1. The van der Waals surface area contributed by atoms with Crippen LogP contribution in [0.5, 0.6) is 0 Å². The molecular weight excluding hydrogens is 468 g/mol. The molecule has 0 spiro atoms. The molecule has 2 aliphatic rings. The minimum absolute atomic E-state index is 0.0128. The van der Waals surface area contributed by atoms with Gasteiger partial charge < -0.3 is 19.0 Å². The summed E-state index contributed by atoms with van der Waals surface area (Å²) in [4.78, 5) is 30.2. The molecule has 1 saturated heterocycles. The van der Waals surface area contributed by atoms with Gasteiger partial charge in [-0.05, 0) is 42.1 Å². The largest absolute Gasteiger partial charge is 0.467 e. The minimum atomic E-state index is -2.21. The standard InChI is InChI=1S/C24H36N4O6Si/c1-23(2,3)35(5,6)34-17-12-19(26-27-25)24(31)14-18(21(29)32-4)28(20(24)13-17)22(30)33-15-16-10-8-7-9-11-16/h7-11,17-20,31H,12-15H2,1-6H3/t17-,18-,19+,20+,24+/m0/s1. The van der Waals surface area contributed by atoms with Crippen LogP contribution >= 0.6 is 0 Å². The Kier molecular flexibility index (Phi) is 7.85. The molecule has 1 saturated carbocycles. The molecule has 1 aliphatic heterocycles. The fourth-order valence-electron chi connectivity index (χ4n) is 4.76. The van der Waals surface area contributed by atoms with Crippen molar-refractivity contribution >= 4 is 20.4 Å². The fourth-order valence-corrected chi connectivity index (χ4v) is 6.14. The van der Waals surface area contributed by atoms with E-state index in [4.69, 9.17) is 13.9 Å². The van der Waals surface area contributed by atoms with Gasteiger partial charge in [0.15, 0.2) is 8.32 Å². The topological polar surface area (TPSA) is 134 Å². The average Bonchev–Trinajstić information content (AvgIpc) is 3.10. The van der Waals surface area contributed by atoms with Crippen LogP contribution in [0, 0.1) is 0 Å². The van der Waals surface area contributed by atoms with E-state index in [0.29, 0.717) is 6.42 Å². The van der Waals surface area contributed by atoms with E-state index in [1.165, 1.54) is 12.0 Å². The number of ether oxygens (including phenoxy) is 2. The van der Waals surface area contributed by atoms with Crippen LogP contribution in [-0.4, -0.2) is 67.3 Å². The third-order valence-electron chi connectivity index (χ3n) is 7.67. The van der Waals surface area contributed by atoms with E-state index in [1.807, 2.05) is 30.3 Å². The molecule has 11 heteroatoms. The van der Waals surface area contributed by atoms with Gasteiger partial charge in [-0.15, -0.1) is 0 Å². The molecule has 0 bridgehead atoms. The number of methoxy groups -OCH3 is 1. The molecule has 1 heterocycles. The summed E-state index contributed by atoms with van der Waals surface area (Å²) in [6, 6.07) is 6.40. The molecule has 35 heavy (non-hydrogen) atoms. The number of azide groups is 1. The van der Waals surface area contributed by atoms with Crippen LogP contribution in [0.1, 0.15) is 45.6 Å². The van der Waals surface area contributed by atoms with Gasteiger partial charge in [-0.3, -0.25) is 4.90 Å². The Hall–Kier alpha value is -2.59.